The number of piperidine rings is 1. The molecular weight excluding hydrogens is 262 g/mol. The van der Waals surface area contributed by atoms with Gasteiger partial charge in [-0.25, -0.2) is 0 Å². The zero-order valence-corrected chi connectivity index (χ0v) is 12.8. The quantitative estimate of drug-likeness (QED) is 0.778. The molecule has 3 aliphatic rings. The number of nitrogens with zero attached hydrogens (tertiary/aromatic N) is 1. The molecular formula is C15H28ClNO2. The highest BCUT2D eigenvalue weighted by molar-refractivity contribution is 5.85. The van der Waals surface area contributed by atoms with Crippen LogP contribution in [-0.2, 0) is 9.47 Å². The third-order valence-corrected chi connectivity index (χ3v) is 4.94. The van der Waals surface area contributed by atoms with Gasteiger partial charge in [0.15, 0.2) is 0 Å². The van der Waals surface area contributed by atoms with Crippen molar-refractivity contribution in [2.45, 2.75) is 69.5 Å². The Morgan fingerprint density at radius 3 is 2.37 bits per heavy atom. The lowest BCUT2D eigenvalue weighted by molar-refractivity contribution is -0.235. The van der Waals surface area contributed by atoms with Gasteiger partial charge in [-0.05, 0) is 38.8 Å². The molecule has 112 valence electrons. The first kappa shape index (κ1) is 15.6. The molecule has 0 amide bonds. The van der Waals surface area contributed by atoms with Crippen LogP contribution in [0.3, 0.4) is 0 Å². The number of halogens is 1. The summed E-state index contributed by atoms with van der Waals surface area (Å²) in [4.78, 5) is 2.59. The number of hydrogen-bond acceptors (Lipinski definition) is 3. The summed E-state index contributed by atoms with van der Waals surface area (Å²) in [6.07, 6.45) is 12.3. The van der Waals surface area contributed by atoms with Gasteiger partial charge in [-0.3, -0.25) is 0 Å². The summed E-state index contributed by atoms with van der Waals surface area (Å²) in [5.41, 5.74) is 0.178. The molecule has 1 spiro atoms. The Balaban J connectivity index is 0.00000133. The minimum absolute atomic E-state index is 0. The topological polar surface area (TPSA) is 21.7 Å². The minimum atomic E-state index is 0. The van der Waals surface area contributed by atoms with Crippen LogP contribution in [0.5, 0.6) is 0 Å². The highest BCUT2D eigenvalue weighted by Crippen LogP contribution is 2.38. The predicted molar refractivity (Wildman–Crippen MR) is 78.8 cm³/mol. The highest BCUT2D eigenvalue weighted by Gasteiger charge is 2.39. The Kier molecular flexibility index (Phi) is 5.94. The molecule has 3 rings (SSSR count). The molecule has 0 aromatic carbocycles. The Bertz CT molecular complexity index is 257. The molecule has 0 aromatic rings. The smallest absolute Gasteiger partial charge is 0.147 e. The Labute approximate surface area is 123 Å². The molecule has 0 radical (unpaired) electrons. The molecule has 0 aromatic heterocycles. The summed E-state index contributed by atoms with van der Waals surface area (Å²) in [6.45, 7) is 4.20. The molecule has 2 saturated heterocycles. The van der Waals surface area contributed by atoms with Crippen molar-refractivity contribution in [2.75, 3.05) is 26.4 Å². The third-order valence-electron chi connectivity index (χ3n) is 4.94. The predicted octanol–water partition coefficient (Wildman–Crippen LogP) is 3.36. The average molecular weight is 290 g/mol. The standard InChI is InChI=1S/C15H27NO2.ClH/c1-3-7-15(8-4-1)11-14(17-13-18-15)12-16-9-5-2-6-10-16;/h14H,1-13H2;1H. The summed E-state index contributed by atoms with van der Waals surface area (Å²) in [5.74, 6) is 0. The second-order valence-electron chi connectivity index (χ2n) is 6.36. The van der Waals surface area contributed by atoms with Gasteiger partial charge in [0.1, 0.15) is 6.79 Å². The van der Waals surface area contributed by atoms with E-state index in [9.17, 15) is 0 Å². The van der Waals surface area contributed by atoms with Crippen molar-refractivity contribution in [3.8, 4) is 0 Å². The van der Waals surface area contributed by atoms with Gasteiger partial charge in [-0.15, -0.1) is 12.4 Å². The van der Waals surface area contributed by atoms with E-state index in [0.717, 1.165) is 13.0 Å². The first-order chi connectivity index (χ1) is 8.86. The molecule has 0 bridgehead atoms. The van der Waals surface area contributed by atoms with Crippen molar-refractivity contribution < 1.29 is 9.47 Å². The number of likely N-dealkylation sites (tertiary alicyclic amines) is 1. The molecule has 1 saturated carbocycles. The normalized spacial score (nSPS) is 31.9. The van der Waals surface area contributed by atoms with E-state index in [2.05, 4.69) is 4.90 Å². The molecule has 3 nitrogen and oxygen atoms in total. The summed E-state index contributed by atoms with van der Waals surface area (Å²) < 4.78 is 11.8. The highest BCUT2D eigenvalue weighted by atomic mass is 35.5. The van der Waals surface area contributed by atoms with Gasteiger partial charge >= 0.3 is 0 Å². The van der Waals surface area contributed by atoms with Crippen LogP contribution in [0.1, 0.15) is 57.8 Å². The van der Waals surface area contributed by atoms with Gasteiger partial charge in [0.2, 0.25) is 0 Å². The molecule has 1 atom stereocenters. The molecule has 3 fully saturated rings. The van der Waals surface area contributed by atoms with Crippen LogP contribution < -0.4 is 0 Å². The van der Waals surface area contributed by atoms with E-state index < -0.39 is 0 Å². The van der Waals surface area contributed by atoms with Gasteiger partial charge in [-0.1, -0.05) is 25.7 Å². The third kappa shape index (κ3) is 4.07. The van der Waals surface area contributed by atoms with Crippen LogP contribution in [0, 0.1) is 0 Å². The van der Waals surface area contributed by atoms with Gasteiger partial charge in [-0.2, -0.15) is 0 Å². The Morgan fingerprint density at radius 2 is 1.63 bits per heavy atom. The lowest BCUT2D eigenvalue weighted by Gasteiger charge is -2.44. The van der Waals surface area contributed by atoms with Crippen LogP contribution >= 0.6 is 12.4 Å². The molecule has 19 heavy (non-hydrogen) atoms. The van der Waals surface area contributed by atoms with Crippen molar-refractivity contribution in [3.05, 3.63) is 0 Å². The van der Waals surface area contributed by atoms with E-state index in [1.807, 2.05) is 0 Å². The summed E-state index contributed by atoms with van der Waals surface area (Å²) >= 11 is 0. The van der Waals surface area contributed by atoms with Crippen molar-refractivity contribution >= 4 is 12.4 Å². The molecule has 4 heteroatoms. The average Bonchev–Trinajstić information content (AvgIpc) is 2.41. The van der Waals surface area contributed by atoms with Gasteiger partial charge in [0, 0.05) is 13.0 Å². The fraction of sp³-hybridized carbons (Fsp3) is 1.00. The maximum Gasteiger partial charge on any atom is 0.147 e. The first-order valence-corrected chi connectivity index (χ1v) is 7.84. The lowest BCUT2D eigenvalue weighted by atomic mass is 9.80. The second-order valence-corrected chi connectivity index (χ2v) is 6.36. The molecule has 1 aliphatic carbocycles. The van der Waals surface area contributed by atoms with Gasteiger partial charge in [0.25, 0.3) is 0 Å². The van der Waals surface area contributed by atoms with E-state index in [0.29, 0.717) is 12.9 Å². The van der Waals surface area contributed by atoms with Gasteiger partial charge in [0.05, 0.1) is 11.7 Å². The zero-order valence-electron chi connectivity index (χ0n) is 11.9. The Hall–Kier alpha value is 0.170. The van der Waals surface area contributed by atoms with Crippen LogP contribution in [0.2, 0.25) is 0 Å². The number of hydrogen-bond donors (Lipinski definition) is 0. The number of rotatable bonds is 2. The minimum Gasteiger partial charge on any atom is -0.351 e. The molecule has 2 heterocycles. The molecule has 2 aliphatic heterocycles. The van der Waals surface area contributed by atoms with E-state index in [-0.39, 0.29) is 18.0 Å². The maximum atomic E-state index is 5.99. The Morgan fingerprint density at radius 1 is 0.947 bits per heavy atom. The first-order valence-electron chi connectivity index (χ1n) is 7.84. The van der Waals surface area contributed by atoms with Crippen molar-refractivity contribution in [2.24, 2.45) is 0 Å². The van der Waals surface area contributed by atoms with E-state index >= 15 is 0 Å². The fourth-order valence-corrected chi connectivity index (χ4v) is 3.88. The lowest BCUT2D eigenvalue weighted by Crippen LogP contribution is -2.48. The van der Waals surface area contributed by atoms with Gasteiger partial charge < -0.3 is 14.4 Å². The van der Waals surface area contributed by atoms with Crippen molar-refractivity contribution in [3.63, 3.8) is 0 Å². The largest absolute Gasteiger partial charge is 0.351 e. The van der Waals surface area contributed by atoms with Crippen LogP contribution in [0.4, 0.5) is 0 Å². The van der Waals surface area contributed by atoms with Crippen molar-refractivity contribution in [1.82, 2.24) is 4.90 Å². The summed E-state index contributed by atoms with van der Waals surface area (Å²) in [7, 11) is 0. The molecule has 1 unspecified atom stereocenters. The number of ether oxygens (including phenoxy) is 2. The monoisotopic (exact) mass is 289 g/mol. The van der Waals surface area contributed by atoms with Crippen molar-refractivity contribution in [1.29, 1.82) is 0 Å². The summed E-state index contributed by atoms with van der Waals surface area (Å²) in [6, 6.07) is 0. The molecule has 0 N–H and O–H groups in total. The van der Waals surface area contributed by atoms with E-state index in [1.54, 1.807) is 0 Å². The maximum absolute atomic E-state index is 5.99. The van der Waals surface area contributed by atoms with E-state index in [1.165, 1.54) is 64.5 Å². The zero-order chi connectivity index (χ0) is 12.3. The van der Waals surface area contributed by atoms with Crippen LogP contribution in [-0.4, -0.2) is 43.0 Å². The SMILES string of the molecule is C1CCN(CC2CC3(CCCCC3)OCO2)CC1.Cl. The van der Waals surface area contributed by atoms with E-state index in [4.69, 9.17) is 9.47 Å². The van der Waals surface area contributed by atoms with Crippen LogP contribution in [0.15, 0.2) is 0 Å². The fourth-order valence-electron chi connectivity index (χ4n) is 3.88. The van der Waals surface area contributed by atoms with Crippen LogP contribution in [0.25, 0.3) is 0 Å². The summed E-state index contributed by atoms with van der Waals surface area (Å²) in [5, 5.41) is 0. The second kappa shape index (κ2) is 7.26.